The van der Waals surface area contributed by atoms with E-state index in [1.165, 1.54) is 5.56 Å². The largest absolute Gasteiger partial charge is 0.294 e. The Morgan fingerprint density at radius 3 is 2.69 bits per heavy atom. The van der Waals surface area contributed by atoms with Crippen LogP contribution in [0.5, 0.6) is 0 Å². The van der Waals surface area contributed by atoms with E-state index in [1.54, 1.807) is 6.21 Å². The van der Waals surface area contributed by atoms with Crippen LogP contribution in [0.3, 0.4) is 0 Å². The molecule has 66 valence electrons. The fourth-order valence-corrected chi connectivity index (χ4v) is 1.47. The van der Waals surface area contributed by atoms with Crippen LogP contribution in [-0.2, 0) is 0 Å². The highest BCUT2D eigenvalue weighted by Crippen LogP contribution is 2.26. The Kier molecular flexibility index (Phi) is 1.76. The minimum atomic E-state index is 0.174. The Morgan fingerprint density at radius 2 is 1.92 bits per heavy atom. The van der Waals surface area contributed by atoms with E-state index in [9.17, 15) is 4.79 Å². The third kappa shape index (κ3) is 1.28. The molecule has 0 unspecified atom stereocenters. The molecular formula is C11H11NO. The zero-order valence-electron chi connectivity index (χ0n) is 7.79. The van der Waals surface area contributed by atoms with Gasteiger partial charge in [0.1, 0.15) is 0 Å². The summed E-state index contributed by atoms with van der Waals surface area (Å²) in [4.78, 5) is 15.7. The van der Waals surface area contributed by atoms with Crippen molar-refractivity contribution in [3.63, 3.8) is 0 Å². The average Bonchev–Trinajstić information content (AvgIpc) is 2.09. The predicted octanol–water partition coefficient (Wildman–Crippen LogP) is 2.59. The van der Waals surface area contributed by atoms with Crippen molar-refractivity contribution in [2.45, 2.75) is 20.3 Å². The highest BCUT2D eigenvalue weighted by Gasteiger charge is 2.14. The number of fused-ring (bicyclic) bond motifs is 1. The maximum absolute atomic E-state index is 11.5. The van der Waals surface area contributed by atoms with E-state index >= 15 is 0 Å². The molecule has 1 aromatic carbocycles. The number of carbonyl (C=O) groups is 1. The molecule has 0 atom stereocenters. The summed E-state index contributed by atoms with van der Waals surface area (Å²) in [6.07, 6.45) is 2.12. The summed E-state index contributed by atoms with van der Waals surface area (Å²) in [6, 6.07) is 3.90. The molecule has 2 heteroatoms. The zero-order valence-corrected chi connectivity index (χ0v) is 7.79. The van der Waals surface area contributed by atoms with Gasteiger partial charge in [-0.25, -0.2) is 0 Å². The molecule has 13 heavy (non-hydrogen) atoms. The highest BCUT2D eigenvalue weighted by molar-refractivity contribution is 6.10. The Bertz CT molecular complexity index is 405. The Balaban J connectivity index is 2.67. The maximum Gasteiger partial charge on any atom is 0.170 e. The van der Waals surface area contributed by atoms with Crippen LogP contribution >= 0.6 is 0 Å². The molecule has 1 aliphatic heterocycles. The molecular weight excluding hydrogens is 162 g/mol. The highest BCUT2D eigenvalue weighted by atomic mass is 16.1. The van der Waals surface area contributed by atoms with Crippen molar-refractivity contribution in [3.8, 4) is 0 Å². The first-order valence-electron chi connectivity index (χ1n) is 4.35. The molecule has 0 amide bonds. The number of aliphatic imine (C=N–C) groups is 1. The number of benzene rings is 1. The summed E-state index contributed by atoms with van der Waals surface area (Å²) >= 11 is 0. The van der Waals surface area contributed by atoms with Crippen molar-refractivity contribution in [1.29, 1.82) is 0 Å². The molecule has 0 aromatic heterocycles. The van der Waals surface area contributed by atoms with E-state index in [1.807, 2.05) is 26.0 Å². The summed E-state index contributed by atoms with van der Waals surface area (Å²) in [5.41, 5.74) is 3.93. The molecule has 1 aliphatic rings. The van der Waals surface area contributed by atoms with Crippen molar-refractivity contribution >= 4 is 17.7 Å². The van der Waals surface area contributed by atoms with Crippen molar-refractivity contribution in [1.82, 2.24) is 0 Å². The van der Waals surface area contributed by atoms with E-state index in [-0.39, 0.29) is 5.78 Å². The number of carbonyl (C=O) groups excluding carboxylic acids is 1. The van der Waals surface area contributed by atoms with Gasteiger partial charge in [-0.3, -0.25) is 9.79 Å². The van der Waals surface area contributed by atoms with E-state index < -0.39 is 0 Å². The SMILES string of the molecule is Cc1cc2c(cc1C)C(=O)CC=N2. The van der Waals surface area contributed by atoms with Gasteiger partial charge in [0.05, 0.1) is 5.69 Å². The fraction of sp³-hybridized carbons (Fsp3) is 0.273. The van der Waals surface area contributed by atoms with Crippen LogP contribution in [0.4, 0.5) is 5.69 Å². The number of aryl methyl sites for hydroxylation is 2. The van der Waals surface area contributed by atoms with Crippen molar-refractivity contribution in [3.05, 3.63) is 28.8 Å². The monoisotopic (exact) mass is 173 g/mol. The third-order valence-electron chi connectivity index (χ3n) is 2.42. The number of ketones is 1. The molecule has 1 heterocycles. The molecule has 0 saturated carbocycles. The summed E-state index contributed by atoms with van der Waals surface area (Å²) < 4.78 is 0. The number of nitrogens with zero attached hydrogens (tertiary/aromatic N) is 1. The zero-order chi connectivity index (χ0) is 9.42. The Morgan fingerprint density at radius 1 is 1.23 bits per heavy atom. The molecule has 0 fully saturated rings. The average molecular weight is 173 g/mol. The second kappa shape index (κ2) is 2.80. The van der Waals surface area contributed by atoms with Crippen LogP contribution in [0, 0.1) is 13.8 Å². The Labute approximate surface area is 77.3 Å². The van der Waals surface area contributed by atoms with E-state index in [4.69, 9.17) is 0 Å². The summed E-state index contributed by atoms with van der Waals surface area (Å²) in [5.74, 6) is 0.174. The first-order chi connectivity index (χ1) is 6.18. The van der Waals surface area contributed by atoms with Crippen molar-refractivity contribution in [2.24, 2.45) is 4.99 Å². The molecule has 0 bridgehead atoms. The summed E-state index contributed by atoms with van der Waals surface area (Å²) in [6.45, 7) is 4.05. The van der Waals surface area contributed by atoms with Crippen LogP contribution < -0.4 is 0 Å². The molecule has 2 rings (SSSR count). The van der Waals surface area contributed by atoms with Crippen LogP contribution in [0.15, 0.2) is 17.1 Å². The van der Waals surface area contributed by atoms with E-state index in [0.29, 0.717) is 6.42 Å². The number of hydrogen-bond donors (Lipinski definition) is 0. The van der Waals surface area contributed by atoms with Gasteiger partial charge in [-0.1, -0.05) is 0 Å². The lowest BCUT2D eigenvalue weighted by atomic mass is 9.98. The van der Waals surface area contributed by atoms with Gasteiger partial charge in [-0.15, -0.1) is 0 Å². The van der Waals surface area contributed by atoms with Gasteiger partial charge in [0.15, 0.2) is 5.78 Å². The van der Waals surface area contributed by atoms with E-state index in [0.717, 1.165) is 16.8 Å². The third-order valence-corrected chi connectivity index (χ3v) is 2.42. The lowest BCUT2D eigenvalue weighted by Gasteiger charge is -2.10. The second-order valence-corrected chi connectivity index (χ2v) is 3.39. The quantitative estimate of drug-likeness (QED) is 0.593. The molecule has 2 nitrogen and oxygen atoms in total. The van der Waals surface area contributed by atoms with Crippen LogP contribution in [0.25, 0.3) is 0 Å². The van der Waals surface area contributed by atoms with Gasteiger partial charge >= 0.3 is 0 Å². The second-order valence-electron chi connectivity index (χ2n) is 3.39. The van der Waals surface area contributed by atoms with Gasteiger partial charge in [0, 0.05) is 18.2 Å². The standard InChI is InChI=1S/C11H11NO/c1-7-5-9-10(6-8(7)2)12-4-3-11(9)13/h4-6H,3H2,1-2H3. The van der Waals surface area contributed by atoms with Crippen LogP contribution in [0.2, 0.25) is 0 Å². The van der Waals surface area contributed by atoms with E-state index in [2.05, 4.69) is 4.99 Å². The summed E-state index contributed by atoms with van der Waals surface area (Å²) in [5, 5.41) is 0. The van der Waals surface area contributed by atoms with Crippen molar-refractivity contribution < 1.29 is 4.79 Å². The predicted molar refractivity (Wildman–Crippen MR) is 53.0 cm³/mol. The minimum absolute atomic E-state index is 0.174. The fourth-order valence-electron chi connectivity index (χ4n) is 1.47. The normalized spacial score (nSPS) is 14.5. The lowest BCUT2D eigenvalue weighted by Crippen LogP contribution is -2.05. The van der Waals surface area contributed by atoms with Gasteiger partial charge in [0.25, 0.3) is 0 Å². The van der Waals surface area contributed by atoms with Crippen molar-refractivity contribution in [2.75, 3.05) is 0 Å². The maximum atomic E-state index is 11.5. The molecule has 0 aliphatic carbocycles. The molecule has 0 N–H and O–H groups in total. The molecule has 0 radical (unpaired) electrons. The lowest BCUT2D eigenvalue weighted by molar-refractivity contribution is 0.100. The molecule has 0 spiro atoms. The minimum Gasteiger partial charge on any atom is -0.294 e. The number of rotatable bonds is 0. The topological polar surface area (TPSA) is 29.4 Å². The first-order valence-corrected chi connectivity index (χ1v) is 4.35. The van der Waals surface area contributed by atoms with Gasteiger partial charge in [0.2, 0.25) is 0 Å². The molecule has 0 saturated heterocycles. The summed E-state index contributed by atoms with van der Waals surface area (Å²) in [7, 11) is 0. The number of Topliss-reactive ketones (excluding diaryl/α,β-unsaturated/α-hetero) is 1. The molecule has 1 aromatic rings. The Hall–Kier alpha value is -1.44. The van der Waals surface area contributed by atoms with Crippen LogP contribution in [0.1, 0.15) is 27.9 Å². The van der Waals surface area contributed by atoms with Gasteiger partial charge < -0.3 is 0 Å². The number of hydrogen-bond acceptors (Lipinski definition) is 2. The van der Waals surface area contributed by atoms with Crippen LogP contribution in [-0.4, -0.2) is 12.0 Å². The smallest absolute Gasteiger partial charge is 0.170 e. The van der Waals surface area contributed by atoms with Gasteiger partial charge in [-0.2, -0.15) is 0 Å². The first kappa shape index (κ1) is 8.17. The van der Waals surface area contributed by atoms with Gasteiger partial charge in [-0.05, 0) is 37.1 Å².